The summed E-state index contributed by atoms with van der Waals surface area (Å²) in [4.78, 5) is 12.4. The van der Waals surface area contributed by atoms with Crippen molar-refractivity contribution in [1.82, 2.24) is 5.32 Å². The SMILES string of the molecule is C=C[C@]1(NC(=O)C(Cl)(Cl)Cl)COC(C)(C)O[C@H]1CCCCCCCCC1(CCCCCC)OCCO1. The van der Waals surface area contributed by atoms with Crippen molar-refractivity contribution in [3.8, 4) is 0 Å². The van der Waals surface area contributed by atoms with E-state index in [-0.39, 0.29) is 18.5 Å². The molecular formula is C27H46Cl3NO5. The lowest BCUT2D eigenvalue weighted by Crippen LogP contribution is -2.66. The third kappa shape index (κ3) is 10.2. The number of halogens is 3. The minimum absolute atomic E-state index is 0.199. The van der Waals surface area contributed by atoms with E-state index >= 15 is 0 Å². The largest absolute Gasteiger partial charge is 0.348 e. The van der Waals surface area contributed by atoms with Gasteiger partial charge in [0.25, 0.3) is 9.70 Å². The first-order chi connectivity index (χ1) is 17.0. The molecule has 0 unspecified atom stereocenters. The second kappa shape index (κ2) is 14.9. The van der Waals surface area contributed by atoms with Crippen molar-refractivity contribution in [3.63, 3.8) is 0 Å². The molecule has 0 aromatic rings. The van der Waals surface area contributed by atoms with E-state index in [4.69, 9.17) is 53.8 Å². The Kier molecular flexibility index (Phi) is 13.3. The fourth-order valence-corrected chi connectivity index (χ4v) is 5.13. The van der Waals surface area contributed by atoms with E-state index in [9.17, 15) is 4.79 Å². The summed E-state index contributed by atoms with van der Waals surface area (Å²) in [5, 5.41) is 2.80. The zero-order chi connectivity index (χ0) is 26.7. The van der Waals surface area contributed by atoms with Crippen molar-refractivity contribution in [1.29, 1.82) is 0 Å². The molecule has 0 spiro atoms. The molecule has 0 bridgehead atoms. The van der Waals surface area contributed by atoms with Crippen LogP contribution in [0.25, 0.3) is 0 Å². The summed E-state index contributed by atoms with van der Waals surface area (Å²) in [6, 6.07) is 0. The van der Waals surface area contributed by atoms with Crippen molar-refractivity contribution < 1.29 is 23.7 Å². The van der Waals surface area contributed by atoms with Crippen LogP contribution in [-0.2, 0) is 23.7 Å². The summed E-state index contributed by atoms with van der Waals surface area (Å²) in [6.07, 6.45) is 15.6. The Morgan fingerprint density at radius 2 is 1.50 bits per heavy atom. The molecule has 0 radical (unpaired) electrons. The Labute approximate surface area is 233 Å². The molecule has 2 aliphatic heterocycles. The van der Waals surface area contributed by atoms with Crippen molar-refractivity contribution in [2.45, 2.75) is 131 Å². The number of hydrogen-bond acceptors (Lipinski definition) is 5. The van der Waals surface area contributed by atoms with Gasteiger partial charge >= 0.3 is 0 Å². The maximum Gasteiger partial charge on any atom is 0.272 e. The number of rotatable bonds is 16. The summed E-state index contributed by atoms with van der Waals surface area (Å²) in [5.74, 6) is -1.83. The van der Waals surface area contributed by atoms with Gasteiger partial charge in [0.15, 0.2) is 11.6 Å². The highest BCUT2D eigenvalue weighted by Gasteiger charge is 2.49. The van der Waals surface area contributed by atoms with E-state index < -0.39 is 21.0 Å². The Morgan fingerprint density at radius 1 is 0.944 bits per heavy atom. The second-order valence-corrected chi connectivity index (χ2v) is 12.9. The molecule has 210 valence electrons. The van der Waals surface area contributed by atoms with Crippen LogP contribution in [0.15, 0.2) is 12.7 Å². The second-order valence-electron chi connectivity index (χ2n) is 10.6. The highest BCUT2D eigenvalue weighted by molar-refractivity contribution is 6.76. The lowest BCUT2D eigenvalue weighted by molar-refractivity contribution is -0.295. The molecule has 0 saturated carbocycles. The minimum Gasteiger partial charge on any atom is -0.348 e. The molecule has 2 heterocycles. The quantitative estimate of drug-likeness (QED) is 0.119. The monoisotopic (exact) mass is 569 g/mol. The van der Waals surface area contributed by atoms with Crippen LogP contribution in [0.5, 0.6) is 0 Å². The number of ether oxygens (including phenoxy) is 4. The molecule has 9 heteroatoms. The molecule has 0 aromatic carbocycles. The van der Waals surface area contributed by atoms with Crippen LogP contribution in [0.4, 0.5) is 0 Å². The van der Waals surface area contributed by atoms with Gasteiger partial charge in [-0.25, -0.2) is 0 Å². The van der Waals surface area contributed by atoms with Crippen LogP contribution < -0.4 is 5.32 Å². The third-order valence-electron chi connectivity index (χ3n) is 7.13. The highest BCUT2D eigenvalue weighted by atomic mass is 35.6. The molecule has 0 aromatic heterocycles. The van der Waals surface area contributed by atoms with Crippen LogP contribution in [0.1, 0.15) is 104 Å². The number of amides is 1. The van der Waals surface area contributed by atoms with Gasteiger partial charge < -0.3 is 24.3 Å². The number of carbonyl (C=O) groups is 1. The molecule has 2 saturated heterocycles. The van der Waals surface area contributed by atoms with Crippen molar-refractivity contribution in [2.75, 3.05) is 19.8 Å². The van der Waals surface area contributed by atoms with Crippen LogP contribution in [0, 0.1) is 0 Å². The number of carbonyl (C=O) groups excluding carboxylic acids is 1. The Morgan fingerprint density at radius 3 is 2.06 bits per heavy atom. The van der Waals surface area contributed by atoms with Gasteiger partial charge in [-0.15, -0.1) is 6.58 Å². The van der Waals surface area contributed by atoms with E-state index in [0.717, 1.165) is 44.9 Å². The molecule has 1 N–H and O–H groups in total. The summed E-state index contributed by atoms with van der Waals surface area (Å²) in [5.41, 5.74) is -0.955. The standard InChI is InChI=1S/C27H46Cl3NO5/c1-5-7-8-14-17-26(33-19-20-34-26)18-15-12-10-9-11-13-16-22-25(6-2,21-35-24(3,4)36-22)31-23(32)27(28,29)30/h6,22H,2,5,7-21H2,1,3-4H3,(H,31,32)/t22-,25-/m0/s1. The van der Waals surface area contributed by atoms with Crippen molar-refractivity contribution in [2.24, 2.45) is 0 Å². The van der Waals surface area contributed by atoms with Crippen LogP contribution in [0.3, 0.4) is 0 Å². The smallest absolute Gasteiger partial charge is 0.272 e. The lowest BCUT2D eigenvalue weighted by atomic mass is 9.87. The van der Waals surface area contributed by atoms with E-state index in [2.05, 4.69) is 18.8 Å². The molecule has 0 aliphatic carbocycles. The third-order valence-corrected chi connectivity index (χ3v) is 7.64. The van der Waals surface area contributed by atoms with Crippen molar-refractivity contribution >= 4 is 40.7 Å². The average Bonchev–Trinajstić information content (AvgIpc) is 3.28. The van der Waals surface area contributed by atoms with Gasteiger partial charge in [0.05, 0.1) is 25.9 Å². The predicted molar refractivity (Wildman–Crippen MR) is 147 cm³/mol. The fraction of sp³-hybridized carbons (Fsp3) is 0.889. The minimum atomic E-state index is -2.07. The summed E-state index contributed by atoms with van der Waals surface area (Å²) in [7, 11) is 0. The number of hydrogen-bond donors (Lipinski definition) is 1. The van der Waals surface area contributed by atoms with Gasteiger partial charge in [-0.1, -0.05) is 99.2 Å². The fourth-order valence-electron chi connectivity index (χ4n) is 4.99. The molecule has 36 heavy (non-hydrogen) atoms. The molecule has 2 aliphatic rings. The lowest BCUT2D eigenvalue weighted by Gasteiger charge is -2.48. The molecule has 2 fully saturated rings. The Hall–Kier alpha value is -0.0800. The highest BCUT2D eigenvalue weighted by Crippen LogP contribution is 2.36. The van der Waals surface area contributed by atoms with Gasteiger partial charge in [-0.2, -0.15) is 0 Å². The normalized spacial score (nSPS) is 25.6. The average molecular weight is 571 g/mol. The van der Waals surface area contributed by atoms with Gasteiger partial charge in [-0.3, -0.25) is 4.79 Å². The first kappa shape index (κ1) is 32.1. The Bertz CT molecular complexity index is 679. The van der Waals surface area contributed by atoms with Crippen LogP contribution in [-0.4, -0.2) is 52.7 Å². The maximum absolute atomic E-state index is 12.4. The zero-order valence-electron chi connectivity index (χ0n) is 22.4. The van der Waals surface area contributed by atoms with Crippen LogP contribution in [0.2, 0.25) is 0 Å². The van der Waals surface area contributed by atoms with E-state index in [1.807, 2.05) is 13.8 Å². The van der Waals surface area contributed by atoms with E-state index in [0.29, 0.717) is 13.2 Å². The van der Waals surface area contributed by atoms with E-state index in [1.54, 1.807) is 6.08 Å². The Balaban J connectivity index is 1.73. The molecular weight excluding hydrogens is 525 g/mol. The summed E-state index contributed by atoms with van der Waals surface area (Å²) < 4.78 is 22.0. The van der Waals surface area contributed by atoms with E-state index in [1.165, 1.54) is 38.5 Å². The number of unbranched alkanes of at least 4 members (excludes halogenated alkanes) is 8. The van der Waals surface area contributed by atoms with Gasteiger partial charge in [-0.05, 0) is 33.1 Å². The van der Waals surface area contributed by atoms with Crippen LogP contribution >= 0.6 is 34.8 Å². The topological polar surface area (TPSA) is 66.0 Å². The van der Waals surface area contributed by atoms with Gasteiger partial charge in [0, 0.05) is 12.8 Å². The molecule has 2 rings (SSSR count). The molecule has 2 atom stereocenters. The summed E-state index contributed by atoms with van der Waals surface area (Å²) in [6.45, 7) is 11.5. The van der Waals surface area contributed by atoms with Gasteiger partial charge in [0.2, 0.25) is 0 Å². The maximum atomic E-state index is 12.4. The predicted octanol–water partition coefficient (Wildman–Crippen LogP) is 7.38. The first-order valence-corrected chi connectivity index (χ1v) is 14.7. The zero-order valence-corrected chi connectivity index (χ0v) is 24.6. The molecule has 1 amide bonds. The number of alkyl halides is 3. The first-order valence-electron chi connectivity index (χ1n) is 13.6. The van der Waals surface area contributed by atoms with Gasteiger partial charge in [0.1, 0.15) is 5.54 Å². The summed E-state index contributed by atoms with van der Waals surface area (Å²) >= 11 is 17.4. The number of nitrogens with one attached hydrogen (secondary N) is 1. The van der Waals surface area contributed by atoms with Crippen molar-refractivity contribution in [3.05, 3.63) is 12.7 Å². The molecule has 6 nitrogen and oxygen atoms in total.